The average Bonchev–Trinajstić information content (AvgIpc) is 2.12. The molecule has 0 aliphatic carbocycles. The minimum atomic E-state index is -0.833. The van der Waals surface area contributed by atoms with E-state index in [1.54, 1.807) is 0 Å². The van der Waals surface area contributed by atoms with Gasteiger partial charge in [-0.05, 0) is 20.0 Å². The Bertz CT molecular complexity index is 276. The number of likely N-dealkylation sites (tertiary alicyclic amines) is 1. The summed E-state index contributed by atoms with van der Waals surface area (Å²) in [5.74, 6) is 5.87. The Morgan fingerprint density at radius 1 is 1.57 bits per heavy atom. The Hall–Kier alpha value is -0.780. The van der Waals surface area contributed by atoms with E-state index in [-0.39, 0.29) is 5.92 Å². The number of nitrogens with zero attached hydrogens (tertiary/aromatic N) is 1. The van der Waals surface area contributed by atoms with E-state index >= 15 is 0 Å². The molecule has 0 aromatic rings. The molecule has 2 heteroatoms. The molecule has 3 atom stereocenters. The molecular formula is C12H19NO. The molecule has 1 rings (SSSR count). The van der Waals surface area contributed by atoms with Gasteiger partial charge < -0.3 is 10.0 Å². The molecule has 1 saturated heterocycles. The number of hydrogen-bond donors (Lipinski definition) is 1. The van der Waals surface area contributed by atoms with Gasteiger partial charge in [0.15, 0.2) is 0 Å². The van der Waals surface area contributed by atoms with E-state index in [0.717, 1.165) is 6.54 Å². The highest BCUT2D eigenvalue weighted by Crippen LogP contribution is 2.30. The molecule has 0 unspecified atom stereocenters. The number of piperidine rings is 1. The fraction of sp³-hybridized carbons (Fsp3) is 0.667. The van der Waals surface area contributed by atoms with Crippen molar-refractivity contribution in [1.82, 2.24) is 4.90 Å². The molecular weight excluding hydrogens is 174 g/mol. The van der Waals surface area contributed by atoms with Crippen molar-refractivity contribution < 1.29 is 5.11 Å². The van der Waals surface area contributed by atoms with Crippen molar-refractivity contribution >= 4 is 0 Å². The predicted molar refractivity (Wildman–Crippen MR) is 58.8 cm³/mol. The molecule has 0 aromatic carbocycles. The lowest BCUT2D eigenvalue weighted by Crippen LogP contribution is -2.52. The first-order chi connectivity index (χ1) is 6.49. The molecule has 1 aliphatic heterocycles. The van der Waals surface area contributed by atoms with Crippen molar-refractivity contribution in [3.63, 3.8) is 0 Å². The summed E-state index contributed by atoms with van der Waals surface area (Å²) in [5, 5.41) is 10.3. The molecule has 14 heavy (non-hydrogen) atoms. The lowest BCUT2D eigenvalue weighted by Gasteiger charge is -2.42. The van der Waals surface area contributed by atoms with Crippen LogP contribution in [0.5, 0.6) is 0 Å². The maximum absolute atomic E-state index is 10.3. The van der Waals surface area contributed by atoms with E-state index in [2.05, 4.69) is 37.3 Å². The van der Waals surface area contributed by atoms with Gasteiger partial charge in [-0.3, -0.25) is 0 Å². The van der Waals surface area contributed by atoms with Crippen LogP contribution in [0.4, 0.5) is 0 Å². The van der Waals surface area contributed by atoms with Crippen LogP contribution in [-0.2, 0) is 0 Å². The summed E-state index contributed by atoms with van der Waals surface area (Å²) in [5.41, 5.74) is -0.833. The van der Waals surface area contributed by atoms with Gasteiger partial charge in [0, 0.05) is 24.9 Å². The molecule has 1 heterocycles. The molecule has 0 bridgehead atoms. The average molecular weight is 193 g/mol. The van der Waals surface area contributed by atoms with Gasteiger partial charge >= 0.3 is 0 Å². The monoisotopic (exact) mass is 193 g/mol. The van der Waals surface area contributed by atoms with Crippen LogP contribution in [0.3, 0.4) is 0 Å². The van der Waals surface area contributed by atoms with Crippen molar-refractivity contribution in [2.75, 3.05) is 13.6 Å². The highest BCUT2D eigenvalue weighted by Gasteiger charge is 2.39. The Labute approximate surface area is 86.6 Å². The number of hydrogen-bond acceptors (Lipinski definition) is 2. The lowest BCUT2D eigenvalue weighted by atomic mass is 9.79. The maximum Gasteiger partial charge on any atom is 0.131 e. The Morgan fingerprint density at radius 2 is 2.21 bits per heavy atom. The molecule has 1 fully saturated rings. The molecule has 0 amide bonds. The highest BCUT2D eigenvalue weighted by atomic mass is 16.3. The zero-order valence-corrected chi connectivity index (χ0v) is 9.25. The molecule has 2 nitrogen and oxygen atoms in total. The van der Waals surface area contributed by atoms with Crippen molar-refractivity contribution in [2.45, 2.75) is 31.9 Å². The number of rotatable bonds is 0. The van der Waals surface area contributed by atoms with Crippen molar-refractivity contribution in [3.8, 4) is 11.8 Å². The standard InChI is InChI=1S/C12H19NO/c1-5-6-7-12(14)8-11(3)13(4)9-10(12)2/h5,10-11,14H,1,8-9H2,2-4H3/t10-,11-,12+/m1/s1. The van der Waals surface area contributed by atoms with E-state index in [0.29, 0.717) is 12.5 Å². The second-order valence-corrected chi connectivity index (χ2v) is 4.29. The Morgan fingerprint density at radius 3 is 2.79 bits per heavy atom. The van der Waals surface area contributed by atoms with Crippen molar-refractivity contribution in [2.24, 2.45) is 5.92 Å². The van der Waals surface area contributed by atoms with Crippen LogP contribution in [0.2, 0.25) is 0 Å². The van der Waals surface area contributed by atoms with Crippen LogP contribution in [0, 0.1) is 17.8 Å². The third-order valence-electron chi connectivity index (χ3n) is 3.13. The van der Waals surface area contributed by atoms with Gasteiger partial charge in [0.1, 0.15) is 5.60 Å². The summed E-state index contributed by atoms with van der Waals surface area (Å²) in [6.07, 6.45) is 2.25. The second kappa shape index (κ2) is 4.16. The molecule has 0 radical (unpaired) electrons. The van der Waals surface area contributed by atoms with Gasteiger partial charge in [-0.1, -0.05) is 25.3 Å². The van der Waals surface area contributed by atoms with Gasteiger partial charge in [-0.15, -0.1) is 0 Å². The molecule has 1 N–H and O–H groups in total. The van der Waals surface area contributed by atoms with Crippen molar-refractivity contribution in [1.29, 1.82) is 0 Å². The van der Waals surface area contributed by atoms with E-state index in [9.17, 15) is 5.11 Å². The van der Waals surface area contributed by atoms with Gasteiger partial charge in [0.25, 0.3) is 0 Å². The summed E-state index contributed by atoms with van der Waals surface area (Å²) < 4.78 is 0. The first-order valence-electron chi connectivity index (χ1n) is 5.06. The third-order valence-corrected chi connectivity index (χ3v) is 3.13. The molecule has 0 saturated carbocycles. The second-order valence-electron chi connectivity index (χ2n) is 4.29. The fourth-order valence-corrected chi connectivity index (χ4v) is 1.92. The molecule has 78 valence electrons. The summed E-state index contributed by atoms with van der Waals surface area (Å²) in [7, 11) is 2.08. The summed E-state index contributed by atoms with van der Waals surface area (Å²) in [6.45, 7) is 8.59. The van der Waals surface area contributed by atoms with E-state index < -0.39 is 5.60 Å². The van der Waals surface area contributed by atoms with E-state index in [1.165, 1.54) is 6.08 Å². The first kappa shape index (κ1) is 11.3. The first-order valence-corrected chi connectivity index (χ1v) is 5.06. The van der Waals surface area contributed by atoms with Crippen molar-refractivity contribution in [3.05, 3.63) is 12.7 Å². The third kappa shape index (κ3) is 2.17. The molecule has 1 aliphatic rings. The van der Waals surface area contributed by atoms with E-state index in [1.807, 2.05) is 6.92 Å². The van der Waals surface area contributed by atoms with Crippen LogP contribution in [-0.4, -0.2) is 35.2 Å². The number of allylic oxidation sites excluding steroid dienone is 1. The van der Waals surface area contributed by atoms with Gasteiger partial charge in [0.2, 0.25) is 0 Å². The van der Waals surface area contributed by atoms with E-state index in [4.69, 9.17) is 0 Å². The van der Waals surface area contributed by atoms with Crippen LogP contribution in [0.15, 0.2) is 12.7 Å². The zero-order chi connectivity index (χ0) is 10.8. The molecule has 0 aromatic heterocycles. The highest BCUT2D eigenvalue weighted by molar-refractivity contribution is 5.23. The fourth-order valence-electron chi connectivity index (χ4n) is 1.92. The maximum atomic E-state index is 10.3. The summed E-state index contributed by atoms with van der Waals surface area (Å²) in [6, 6.07) is 0.385. The largest absolute Gasteiger partial charge is 0.377 e. The molecule has 0 spiro atoms. The van der Waals surface area contributed by atoms with Gasteiger partial charge in [-0.2, -0.15) is 0 Å². The minimum Gasteiger partial charge on any atom is -0.377 e. The van der Waals surface area contributed by atoms with Crippen LogP contribution in [0.1, 0.15) is 20.3 Å². The van der Waals surface area contributed by atoms with Crippen LogP contribution >= 0.6 is 0 Å². The van der Waals surface area contributed by atoms with Crippen LogP contribution in [0.25, 0.3) is 0 Å². The van der Waals surface area contributed by atoms with Crippen LogP contribution < -0.4 is 0 Å². The number of aliphatic hydroxyl groups is 1. The predicted octanol–water partition coefficient (Wildman–Crippen LogP) is 1.27. The SMILES string of the molecule is C=CC#C[C@]1(O)C[C@@H](C)N(C)C[C@H]1C. The Balaban J connectivity index is 2.82. The topological polar surface area (TPSA) is 23.5 Å². The van der Waals surface area contributed by atoms with Gasteiger partial charge in [-0.25, -0.2) is 0 Å². The minimum absolute atomic E-state index is 0.191. The normalized spacial score (nSPS) is 38.6. The quantitative estimate of drug-likeness (QED) is 0.586. The smallest absolute Gasteiger partial charge is 0.131 e. The lowest BCUT2D eigenvalue weighted by molar-refractivity contribution is -0.0346. The zero-order valence-electron chi connectivity index (χ0n) is 9.25. The summed E-state index contributed by atoms with van der Waals surface area (Å²) in [4.78, 5) is 2.26. The van der Waals surface area contributed by atoms with Gasteiger partial charge in [0.05, 0.1) is 0 Å². The summed E-state index contributed by atoms with van der Waals surface area (Å²) >= 11 is 0. The Kier molecular flexibility index (Phi) is 3.36.